The van der Waals surface area contributed by atoms with Gasteiger partial charge in [0.05, 0.1) is 12.7 Å². The van der Waals surface area contributed by atoms with Crippen LogP contribution in [0.4, 0.5) is 0 Å². The van der Waals surface area contributed by atoms with Gasteiger partial charge < -0.3 is 14.8 Å². The number of hydrogen-bond acceptors (Lipinski definition) is 3. The Morgan fingerprint density at radius 1 is 1.21 bits per heavy atom. The minimum atomic E-state index is -0.0584. The monoisotopic (exact) mass is 265 g/mol. The molecule has 0 saturated heterocycles. The lowest BCUT2D eigenvalue weighted by atomic mass is 10.0. The third-order valence-electron chi connectivity index (χ3n) is 3.49. The Hall–Kier alpha value is -1.06. The summed E-state index contributed by atoms with van der Waals surface area (Å²) in [5.74, 6) is 0.966. The van der Waals surface area contributed by atoms with Gasteiger partial charge in [-0.3, -0.25) is 0 Å². The molecule has 3 heteroatoms. The fourth-order valence-corrected chi connectivity index (χ4v) is 2.00. The number of rotatable bonds is 8. The number of para-hydroxylation sites is 1. The van der Waals surface area contributed by atoms with E-state index in [2.05, 4.69) is 38.2 Å². The minimum absolute atomic E-state index is 0.0584. The Morgan fingerprint density at radius 2 is 1.89 bits per heavy atom. The summed E-state index contributed by atoms with van der Waals surface area (Å²) in [5.41, 5.74) is 1.19. The molecule has 0 aliphatic carbocycles. The molecule has 19 heavy (non-hydrogen) atoms. The van der Waals surface area contributed by atoms with Gasteiger partial charge in [0, 0.05) is 13.2 Å². The van der Waals surface area contributed by atoms with Gasteiger partial charge in [0.2, 0.25) is 0 Å². The molecular formula is C16H27NO2. The number of nitrogens with one attached hydrogen (secondary N) is 1. The summed E-state index contributed by atoms with van der Waals surface area (Å²) >= 11 is 0. The summed E-state index contributed by atoms with van der Waals surface area (Å²) in [4.78, 5) is 0. The average Bonchev–Trinajstić information content (AvgIpc) is 2.39. The van der Waals surface area contributed by atoms with Crippen LogP contribution in [0.1, 0.15) is 32.8 Å². The summed E-state index contributed by atoms with van der Waals surface area (Å²) in [5, 5.41) is 3.54. The van der Waals surface area contributed by atoms with Crippen LogP contribution in [-0.4, -0.2) is 32.4 Å². The van der Waals surface area contributed by atoms with E-state index >= 15 is 0 Å². The molecule has 1 unspecified atom stereocenters. The van der Waals surface area contributed by atoms with Gasteiger partial charge in [0.25, 0.3) is 0 Å². The minimum Gasteiger partial charge on any atom is -0.496 e. The van der Waals surface area contributed by atoms with E-state index in [-0.39, 0.29) is 5.60 Å². The number of methoxy groups -OCH3 is 2. The Labute approximate surface area is 117 Å². The summed E-state index contributed by atoms with van der Waals surface area (Å²) in [7, 11) is 3.48. The molecule has 0 amide bonds. The van der Waals surface area contributed by atoms with E-state index in [9.17, 15) is 0 Å². The van der Waals surface area contributed by atoms with Gasteiger partial charge >= 0.3 is 0 Å². The highest BCUT2D eigenvalue weighted by Crippen LogP contribution is 2.19. The van der Waals surface area contributed by atoms with Crippen LogP contribution in [0, 0.1) is 0 Å². The zero-order chi connectivity index (χ0) is 14.3. The predicted octanol–water partition coefficient (Wildman–Crippen LogP) is 3.03. The summed E-state index contributed by atoms with van der Waals surface area (Å²) in [6.07, 6.45) is 1.97. The van der Waals surface area contributed by atoms with Crippen molar-refractivity contribution in [3.63, 3.8) is 0 Å². The molecule has 3 nitrogen and oxygen atoms in total. The van der Waals surface area contributed by atoms with E-state index in [1.807, 2.05) is 12.1 Å². The van der Waals surface area contributed by atoms with E-state index in [4.69, 9.17) is 9.47 Å². The molecule has 0 fully saturated rings. The Kier molecular flexibility index (Phi) is 6.32. The van der Waals surface area contributed by atoms with Gasteiger partial charge in [0.15, 0.2) is 0 Å². The highest BCUT2D eigenvalue weighted by Gasteiger charge is 2.16. The third-order valence-corrected chi connectivity index (χ3v) is 3.49. The van der Waals surface area contributed by atoms with E-state index < -0.39 is 0 Å². The molecule has 0 aliphatic rings. The van der Waals surface area contributed by atoms with Crippen LogP contribution in [0.2, 0.25) is 0 Å². The normalized spacial score (nSPS) is 13.3. The third kappa shape index (κ3) is 5.62. The van der Waals surface area contributed by atoms with Gasteiger partial charge in [-0.15, -0.1) is 0 Å². The van der Waals surface area contributed by atoms with Gasteiger partial charge in [-0.05, 0) is 51.8 Å². The average molecular weight is 265 g/mol. The molecule has 1 rings (SSSR count). The summed E-state index contributed by atoms with van der Waals surface area (Å²) in [6, 6.07) is 8.61. The molecule has 1 aromatic rings. The quantitative estimate of drug-likeness (QED) is 0.783. The van der Waals surface area contributed by atoms with Crippen LogP contribution in [-0.2, 0) is 11.2 Å². The topological polar surface area (TPSA) is 30.5 Å². The maximum absolute atomic E-state index is 5.41. The second-order valence-corrected chi connectivity index (χ2v) is 5.58. The second-order valence-electron chi connectivity index (χ2n) is 5.58. The molecule has 0 spiro atoms. The lowest BCUT2D eigenvalue weighted by molar-refractivity contribution is 0.0154. The Morgan fingerprint density at radius 3 is 2.53 bits per heavy atom. The van der Waals surface area contributed by atoms with Crippen LogP contribution in [0.5, 0.6) is 5.75 Å². The second kappa shape index (κ2) is 7.51. The molecule has 1 aromatic carbocycles. The van der Waals surface area contributed by atoms with E-state index in [0.29, 0.717) is 6.04 Å². The van der Waals surface area contributed by atoms with Crippen molar-refractivity contribution in [2.24, 2.45) is 0 Å². The molecule has 0 radical (unpaired) electrons. The number of ether oxygens (including phenoxy) is 2. The van der Waals surface area contributed by atoms with Crippen LogP contribution < -0.4 is 10.1 Å². The zero-order valence-electron chi connectivity index (χ0n) is 12.8. The molecular weight excluding hydrogens is 238 g/mol. The van der Waals surface area contributed by atoms with Gasteiger partial charge in [-0.1, -0.05) is 18.2 Å². The van der Waals surface area contributed by atoms with E-state index in [0.717, 1.165) is 25.1 Å². The van der Waals surface area contributed by atoms with Crippen molar-refractivity contribution in [2.75, 3.05) is 20.8 Å². The Bertz CT molecular complexity index is 377. The highest BCUT2D eigenvalue weighted by atomic mass is 16.5. The van der Waals surface area contributed by atoms with Crippen molar-refractivity contribution >= 4 is 0 Å². The lowest BCUT2D eigenvalue weighted by Gasteiger charge is -2.24. The SMILES string of the molecule is COc1ccccc1CC(C)NCCC(C)(C)OC. The molecule has 0 bridgehead atoms. The van der Waals surface area contributed by atoms with Crippen LogP contribution in [0.3, 0.4) is 0 Å². The van der Waals surface area contributed by atoms with Crippen molar-refractivity contribution in [1.29, 1.82) is 0 Å². The number of benzene rings is 1. The first-order valence-corrected chi connectivity index (χ1v) is 6.89. The van der Waals surface area contributed by atoms with Crippen LogP contribution >= 0.6 is 0 Å². The highest BCUT2D eigenvalue weighted by molar-refractivity contribution is 5.33. The summed E-state index contributed by atoms with van der Waals surface area (Å²) in [6.45, 7) is 7.38. The molecule has 1 atom stereocenters. The molecule has 0 heterocycles. The standard InChI is InChI=1S/C16H27NO2/c1-13(17-11-10-16(2,3)19-5)12-14-8-6-7-9-15(14)18-4/h6-9,13,17H,10-12H2,1-5H3. The first-order valence-electron chi connectivity index (χ1n) is 6.89. The van der Waals surface area contributed by atoms with E-state index in [1.54, 1.807) is 14.2 Å². The first kappa shape index (κ1) is 16.0. The molecule has 0 saturated carbocycles. The maximum Gasteiger partial charge on any atom is 0.122 e. The fraction of sp³-hybridized carbons (Fsp3) is 0.625. The van der Waals surface area contributed by atoms with Gasteiger partial charge in [0.1, 0.15) is 5.75 Å². The van der Waals surface area contributed by atoms with Crippen molar-refractivity contribution in [2.45, 2.75) is 45.3 Å². The van der Waals surface area contributed by atoms with Gasteiger partial charge in [-0.25, -0.2) is 0 Å². The molecule has 1 N–H and O–H groups in total. The van der Waals surface area contributed by atoms with Crippen molar-refractivity contribution < 1.29 is 9.47 Å². The van der Waals surface area contributed by atoms with Crippen molar-refractivity contribution in [1.82, 2.24) is 5.32 Å². The fourth-order valence-electron chi connectivity index (χ4n) is 2.00. The van der Waals surface area contributed by atoms with Crippen molar-refractivity contribution in [3.8, 4) is 5.75 Å². The lowest BCUT2D eigenvalue weighted by Crippen LogP contribution is -2.34. The van der Waals surface area contributed by atoms with Crippen LogP contribution in [0.25, 0.3) is 0 Å². The predicted molar refractivity (Wildman–Crippen MR) is 79.9 cm³/mol. The number of hydrogen-bond donors (Lipinski definition) is 1. The van der Waals surface area contributed by atoms with Crippen LogP contribution in [0.15, 0.2) is 24.3 Å². The molecule has 0 aliphatic heterocycles. The maximum atomic E-state index is 5.41. The Balaban J connectivity index is 2.41. The largest absolute Gasteiger partial charge is 0.496 e. The van der Waals surface area contributed by atoms with Crippen molar-refractivity contribution in [3.05, 3.63) is 29.8 Å². The van der Waals surface area contributed by atoms with Gasteiger partial charge in [-0.2, -0.15) is 0 Å². The summed E-state index contributed by atoms with van der Waals surface area (Å²) < 4.78 is 10.8. The molecule has 0 aromatic heterocycles. The smallest absolute Gasteiger partial charge is 0.122 e. The molecule has 108 valence electrons. The first-order chi connectivity index (χ1) is 8.98. The zero-order valence-corrected chi connectivity index (χ0v) is 12.8. The van der Waals surface area contributed by atoms with E-state index in [1.165, 1.54) is 5.56 Å².